The average molecular weight is 401 g/mol. The molecule has 7 nitrogen and oxygen atoms in total. The van der Waals surface area contributed by atoms with E-state index in [-0.39, 0.29) is 18.1 Å². The summed E-state index contributed by atoms with van der Waals surface area (Å²) in [6.45, 7) is 7.75. The van der Waals surface area contributed by atoms with Crippen LogP contribution in [-0.2, 0) is 20.8 Å². The smallest absolute Gasteiger partial charge is 0.253 e. The monoisotopic (exact) mass is 400 g/mol. The predicted molar refractivity (Wildman–Crippen MR) is 112 cm³/mol. The van der Waals surface area contributed by atoms with Gasteiger partial charge in [0.05, 0.1) is 23.9 Å². The number of nitrogens with one attached hydrogen (secondary N) is 1. The lowest BCUT2D eigenvalue weighted by atomic mass is 10.0. The maximum atomic E-state index is 13.2. The van der Waals surface area contributed by atoms with Gasteiger partial charge in [-0.05, 0) is 50.8 Å². The van der Waals surface area contributed by atoms with E-state index >= 15 is 0 Å². The van der Waals surface area contributed by atoms with Crippen molar-refractivity contribution in [1.29, 1.82) is 0 Å². The van der Waals surface area contributed by atoms with Crippen LogP contribution >= 0.6 is 0 Å². The molecule has 158 valence electrons. The van der Waals surface area contributed by atoms with Crippen LogP contribution in [0.15, 0.2) is 18.2 Å². The number of fused-ring (bicyclic) bond motifs is 1. The highest BCUT2D eigenvalue weighted by Gasteiger charge is 2.40. The topological polar surface area (TPSA) is 68.6 Å². The summed E-state index contributed by atoms with van der Waals surface area (Å²) < 4.78 is 13.0. The van der Waals surface area contributed by atoms with Crippen LogP contribution in [0.25, 0.3) is 10.9 Å². The zero-order chi connectivity index (χ0) is 20.4. The molecule has 4 rings (SSSR count). The molecule has 0 unspecified atom stereocenters. The van der Waals surface area contributed by atoms with Gasteiger partial charge < -0.3 is 19.7 Å². The van der Waals surface area contributed by atoms with Gasteiger partial charge in [0.1, 0.15) is 6.10 Å². The Labute approximate surface area is 172 Å². The Morgan fingerprint density at radius 3 is 2.97 bits per heavy atom. The molecule has 2 aromatic rings. The first-order valence-corrected chi connectivity index (χ1v) is 10.7. The molecule has 2 aliphatic rings. The Balaban J connectivity index is 1.57. The molecule has 29 heavy (non-hydrogen) atoms. The highest BCUT2D eigenvalue weighted by molar-refractivity contribution is 5.84. The molecule has 1 aromatic heterocycles. The first-order chi connectivity index (χ1) is 14.1. The first kappa shape index (κ1) is 20.3. The van der Waals surface area contributed by atoms with Gasteiger partial charge in [-0.3, -0.25) is 9.48 Å². The summed E-state index contributed by atoms with van der Waals surface area (Å²) in [7, 11) is 1.72. The molecule has 0 bridgehead atoms. The molecule has 0 radical (unpaired) electrons. The minimum atomic E-state index is -0.374. The number of aromatic nitrogens is 2. The van der Waals surface area contributed by atoms with Gasteiger partial charge in [-0.25, -0.2) is 0 Å². The van der Waals surface area contributed by atoms with Crippen LogP contribution in [0.3, 0.4) is 0 Å². The number of nitrogens with zero attached hydrogens (tertiary/aromatic N) is 3. The maximum Gasteiger partial charge on any atom is 0.253 e. The van der Waals surface area contributed by atoms with E-state index in [2.05, 4.69) is 46.9 Å². The molecule has 1 aromatic carbocycles. The second kappa shape index (κ2) is 8.81. The Morgan fingerprint density at radius 2 is 2.28 bits per heavy atom. The van der Waals surface area contributed by atoms with E-state index in [4.69, 9.17) is 14.6 Å². The number of ether oxygens (including phenoxy) is 2. The fourth-order valence-corrected chi connectivity index (χ4v) is 4.24. The zero-order valence-corrected chi connectivity index (χ0v) is 17.7. The fraction of sp³-hybridized carbons (Fsp3) is 0.636. The molecule has 1 saturated heterocycles. The van der Waals surface area contributed by atoms with Gasteiger partial charge in [0.2, 0.25) is 0 Å². The Kier molecular flexibility index (Phi) is 6.18. The number of aryl methyl sites for hydroxylation is 2. The van der Waals surface area contributed by atoms with Crippen molar-refractivity contribution < 1.29 is 14.3 Å². The summed E-state index contributed by atoms with van der Waals surface area (Å²) in [5, 5.41) is 9.14. The minimum Gasteiger partial charge on any atom is -0.385 e. The van der Waals surface area contributed by atoms with Crippen LogP contribution < -0.4 is 5.32 Å². The van der Waals surface area contributed by atoms with Crippen molar-refractivity contribution in [3.05, 3.63) is 29.5 Å². The van der Waals surface area contributed by atoms with Gasteiger partial charge in [0.15, 0.2) is 0 Å². The van der Waals surface area contributed by atoms with Crippen LogP contribution in [0.5, 0.6) is 0 Å². The van der Waals surface area contributed by atoms with Crippen LogP contribution in [0.1, 0.15) is 43.5 Å². The number of carbonyl (C=O) groups excluding carboxylic acids is 1. The minimum absolute atomic E-state index is 0.0150. The molecule has 1 aliphatic carbocycles. The molecule has 1 aliphatic heterocycles. The van der Waals surface area contributed by atoms with Crippen LogP contribution in [-0.4, -0.2) is 66.1 Å². The van der Waals surface area contributed by atoms with Gasteiger partial charge in [-0.1, -0.05) is 6.07 Å². The van der Waals surface area contributed by atoms with Crippen molar-refractivity contribution in [2.24, 2.45) is 0 Å². The molecule has 1 amide bonds. The Bertz CT molecular complexity index is 855. The summed E-state index contributed by atoms with van der Waals surface area (Å²) in [4.78, 5) is 15.3. The van der Waals surface area contributed by atoms with E-state index < -0.39 is 0 Å². The number of hydrogen-bond donors (Lipinski definition) is 1. The summed E-state index contributed by atoms with van der Waals surface area (Å²) in [6.07, 6.45) is 2.72. The molecule has 1 saturated carbocycles. The number of hydrogen-bond acceptors (Lipinski definition) is 5. The van der Waals surface area contributed by atoms with Crippen molar-refractivity contribution in [2.75, 3.05) is 33.4 Å². The third-order valence-corrected chi connectivity index (χ3v) is 5.98. The number of morpholine rings is 1. The number of amides is 1. The van der Waals surface area contributed by atoms with Crippen molar-refractivity contribution in [1.82, 2.24) is 20.0 Å². The van der Waals surface area contributed by atoms with E-state index in [1.165, 1.54) is 0 Å². The molecule has 2 atom stereocenters. The highest BCUT2D eigenvalue weighted by Crippen LogP contribution is 2.36. The number of benzene rings is 1. The van der Waals surface area contributed by atoms with E-state index in [0.717, 1.165) is 61.1 Å². The van der Waals surface area contributed by atoms with E-state index in [1.807, 2.05) is 0 Å². The third kappa shape index (κ3) is 4.32. The van der Waals surface area contributed by atoms with Crippen LogP contribution in [0.2, 0.25) is 0 Å². The highest BCUT2D eigenvalue weighted by atomic mass is 16.5. The largest absolute Gasteiger partial charge is 0.385 e. The van der Waals surface area contributed by atoms with E-state index in [0.29, 0.717) is 19.2 Å². The third-order valence-electron chi connectivity index (χ3n) is 5.98. The Morgan fingerprint density at radius 1 is 1.45 bits per heavy atom. The second-order valence-electron chi connectivity index (χ2n) is 8.15. The Hall–Kier alpha value is -1.96. The summed E-state index contributed by atoms with van der Waals surface area (Å²) in [5.41, 5.74) is 3.32. The van der Waals surface area contributed by atoms with E-state index in [1.54, 1.807) is 7.11 Å². The summed E-state index contributed by atoms with van der Waals surface area (Å²) >= 11 is 0. The van der Waals surface area contributed by atoms with Crippen LogP contribution in [0, 0.1) is 6.92 Å². The lowest BCUT2D eigenvalue weighted by molar-refractivity contribution is -0.148. The first-order valence-electron chi connectivity index (χ1n) is 10.7. The zero-order valence-electron chi connectivity index (χ0n) is 17.7. The molecule has 7 heteroatoms. The molecular weight excluding hydrogens is 368 g/mol. The molecule has 2 heterocycles. The predicted octanol–water partition coefficient (Wildman–Crippen LogP) is 2.42. The summed E-state index contributed by atoms with van der Waals surface area (Å²) in [6, 6.07) is 6.83. The number of methoxy groups -OCH3 is 1. The van der Waals surface area contributed by atoms with Gasteiger partial charge in [0, 0.05) is 44.8 Å². The van der Waals surface area contributed by atoms with E-state index in [9.17, 15) is 4.79 Å². The lowest BCUT2D eigenvalue weighted by Crippen LogP contribution is -2.50. The van der Waals surface area contributed by atoms with Crippen molar-refractivity contribution in [2.45, 2.75) is 57.8 Å². The normalized spacial score (nSPS) is 20.7. The van der Waals surface area contributed by atoms with Gasteiger partial charge in [0.25, 0.3) is 5.91 Å². The second-order valence-corrected chi connectivity index (χ2v) is 8.15. The molecule has 2 fully saturated rings. The van der Waals surface area contributed by atoms with Gasteiger partial charge >= 0.3 is 0 Å². The van der Waals surface area contributed by atoms with Crippen molar-refractivity contribution in [3.63, 3.8) is 0 Å². The standard InChI is InChI=1S/C22H32N4O3/c1-15-19-13-17(5-8-20(19)25(24-15)10-4-11-28-3)16(2)26(18-6-7-18)22(27)21-14-23-9-12-29-21/h5,8,13,16,18,21,23H,4,6-7,9-12,14H2,1-3H3/t16-,21+/m0/s1. The quantitative estimate of drug-likeness (QED) is 0.690. The van der Waals surface area contributed by atoms with Crippen molar-refractivity contribution in [3.8, 4) is 0 Å². The molecule has 1 N–H and O–H groups in total. The fourth-order valence-electron chi connectivity index (χ4n) is 4.24. The lowest BCUT2D eigenvalue weighted by Gasteiger charge is -2.34. The molecular formula is C22H32N4O3. The average Bonchev–Trinajstić information content (AvgIpc) is 3.53. The van der Waals surface area contributed by atoms with Gasteiger partial charge in [-0.2, -0.15) is 5.10 Å². The summed E-state index contributed by atoms with van der Waals surface area (Å²) in [5.74, 6) is 0.110. The maximum absolute atomic E-state index is 13.2. The van der Waals surface area contributed by atoms with Crippen LogP contribution in [0.4, 0.5) is 0 Å². The van der Waals surface area contributed by atoms with Gasteiger partial charge in [-0.15, -0.1) is 0 Å². The number of carbonyl (C=O) groups is 1. The SMILES string of the molecule is COCCCn1nc(C)c2cc([C@H](C)N(C(=O)[C@H]3CNCCO3)C3CC3)ccc21. The molecule has 0 spiro atoms. The number of rotatable bonds is 8. The van der Waals surface area contributed by atoms with Crippen molar-refractivity contribution >= 4 is 16.8 Å².